The van der Waals surface area contributed by atoms with E-state index in [9.17, 15) is 29.7 Å². The third-order valence-corrected chi connectivity index (χ3v) is 9.43. The molecule has 0 amide bonds. The molecule has 0 saturated carbocycles. The number of anilines is 2. The van der Waals surface area contributed by atoms with Gasteiger partial charge in [-0.2, -0.15) is 0 Å². The first kappa shape index (κ1) is 39.0. The summed E-state index contributed by atoms with van der Waals surface area (Å²) in [5, 5.41) is 42.0. The van der Waals surface area contributed by atoms with Crippen LogP contribution in [0.15, 0.2) is 53.5 Å². The summed E-state index contributed by atoms with van der Waals surface area (Å²) in [4.78, 5) is 63.6. The largest absolute Gasteiger partial charge is 0.463 e. The molecule has 2 aliphatic heterocycles. The molecule has 0 spiro atoms. The number of aryl methyl sites for hydroxylation is 1. The summed E-state index contributed by atoms with van der Waals surface area (Å²) in [6, 6.07) is 7.38. The van der Waals surface area contributed by atoms with Crippen molar-refractivity contribution in [2.24, 2.45) is 10.2 Å². The van der Waals surface area contributed by atoms with E-state index >= 15 is 0 Å². The zero-order chi connectivity index (χ0) is 40.8. The molecule has 4 aromatic heterocycles. The predicted molar refractivity (Wildman–Crippen MR) is 192 cm³/mol. The predicted octanol–water partition coefficient (Wildman–Crippen LogP) is -0.329. The number of nitrogen functional groups attached to an aromatic ring is 2. The molecule has 1 aromatic carbocycles. The van der Waals surface area contributed by atoms with Gasteiger partial charge < -0.3 is 50.5 Å². The molecule has 300 valence electrons. The van der Waals surface area contributed by atoms with Gasteiger partial charge in [0.1, 0.15) is 54.9 Å². The van der Waals surface area contributed by atoms with Gasteiger partial charge in [-0.15, -0.1) is 10.2 Å². The number of fused-ring (bicyclic) bond motifs is 2. The number of esters is 3. The van der Waals surface area contributed by atoms with Crippen LogP contribution < -0.4 is 11.5 Å². The lowest BCUT2D eigenvalue weighted by Crippen LogP contribution is -2.49. The molecular weight excluding hydrogens is 752 g/mol. The van der Waals surface area contributed by atoms with Crippen molar-refractivity contribution in [3.05, 3.63) is 48.8 Å². The highest BCUT2D eigenvalue weighted by Crippen LogP contribution is 2.46. The first-order chi connectivity index (χ1) is 27.2. The van der Waals surface area contributed by atoms with Crippen molar-refractivity contribution in [3.8, 4) is 11.4 Å². The first-order valence-corrected chi connectivity index (χ1v) is 17.5. The molecule has 7 rings (SSSR count). The number of aliphatic hydroxyl groups excluding tert-OH is 3. The maximum atomic E-state index is 12.9. The van der Waals surface area contributed by atoms with Crippen LogP contribution in [-0.2, 0) is 56.2 Å². The average Bonchev–Trinajstić information content (AvgIpc) is 3.94. The van der Waals surface area contributed by atoms with Crippen molar-refractivity contribution in [1.29, 1.82) is 0 Å². The molecular formula is C34H38N12O11. The second kappa shape index (κ2) is 15.0. The highest BCUT2D eigenvalue weighted by Gasteiger charge is 2.64. The molecule has 6 heterocycles. The number of azo groups is 1. The van der Waals surface area contributed by atoms with Gasteiger partial charge in [-0.1, -0.05) is 31.2 Å². The second-order valence-corrected chi connectivity index (χ2v) is 13.2. The molecule has 57 heavy (non-hydrogen) atoms. The molecule has 2 aliphatic rings. The summed E-state index contributed by atoms with van der Waals surface area (Å²) in [7, 11) is 0. The number of hydrogen-bond donors (Lipinski definition) is 5. The van der Waals surface area contributed by atoms with Crippen molar-refractivity contribution in [1.82, 2.24) is 39.0 Å². The van der Waals surface area contributed by atoms with Crippen LogP contribution in [-0.4, -0.2) is 122 Å². The van der Waals surface area contributed by atoms with Crippen LogP contribution in [0.2, 0.25) is 0 Å². The molecule has 23 nitrogen and oxygen atoms in total. The minimum absolute atomic E-state index is 0.0339. The molecule has 0 aliphatic carbocycles. The molecule has 23 heteroatoms. The van der Waals surface area contributed by atoms with Crippen LogP contribution in [0.3, 0.4) is 0 Å². The highest BCUT2D eigenvalue weighted by atomic mass is 16.7. The molecule has 5 aromatic rings. The lowest BCUT2D eigenvalue weighted by molar-refractivity contribution is -0.188. The van der Waals surface area contributed by atoms with E-state index in [2.05, 4.69) is 35.1 Å². The number of imidazole rings is 2. The number of nitrogens with zero attached hydrogens (tertiary/aromatic N) is 10. The van der Waals surface area contributed by atoms with Crippen molar-refractivity contribution >= 4 is 51.9 Å². The Bertz CT molecular complexity index is 2370. The summed E-state index contributed by atoms with van der Waals surface area (Å²) >= 11 is 0. The first-order valence-electron chi connectivity index (χ1n) is 17.5. The van der Waals surface area contributed by atoms with Crippen LogP contribution in [0.4, 0.5) is 11.6 Å². The van der Waals surface area contributed by atoms with E-state index in [1.165, 1.54) is 10.9 Å². The Hall–Kier alpha value is -6.27. The standard InChI is InChI=1S/C34H38N12O11/c1-5-18-6-8-19(9-7-18)30-41-29(36)23-32(42-30)46(14-40-23)34(27(55-17(4)50)25(54-16(3)49)21(57-34)11-53-15(2)48)44-43-33(26(52)24(51)20(10-47)56-33)45-13-39-22-28(35)37-12-38-31(22)45/h6-9,12-14,20-21,24-27,47,51-52H,5,10-11H2,1-4H3,(H2,35,37,38)(H2,36,41,42)/t20-,21-,24-,25-,26-,27-,33+,34+/m1/s1. The van der Waals surface area contributed by atoms with E-state index in [1.807, 2.05) is 19.1 Å². The number of nitrogens with two attached hydrogens (primary N) is 2. The molecule has 0 bridgehead atoms. The number of ether oxygens (including phenoxy) is 5. The quantitative estimate of drug-likeness (QED) is 0.0649. The molecule has 0 radical (unpaired) electrons. The average molecular weight is 791 g/mol. The number of aliphatic hydroxyl groups is 3. The van der Waals surface area contributed by atoms with Gasteiger partial charge in [-0.05, 0) is 12.0 Å². The molecule has 7 N–H and O–H groups in total. The Morgan fingerprint density at radius 2 is 1.46 bits per heavy atom. The number of benzene rings is 1. The third-order valence-electron chi connectivity index (χ3n) is 9.43. The fourth-order valence-corrected chi connectivity index (χ4v) is 6.74. The lowest BCUT2D eigenvalue weighted by atomic mass is 10.1. The zero-order valence-corrected chi connectivity index (χ0v) is 30.9. The third kappa shape index (κ3) is 6.73. The number of carbonyl (C=O) groups is 3. The molecule has 2 saturated heterocycles. The fourth-order valence-electron chi connectivity index (χ4n) is 6.74. The highest BCUT2D eigenvalue weighted by molar-refractivity contribution is 5.84. The maximum absolute atomic E-state index is 12.9. The zero-order valence-electron chi connectivity index (χ0n) is 30.9. The maximum Gasteiger partial charge on any atom is 0.306 e. The summed E-state index contributed by atoms with van der Waals surface area (Å²) in [5.41, 5.74) is 14.1. The summed E-state index contributed by atoms with van der Waals surface area (Å²) < 4.78 is 31.7. The van der Waals surface area contributed by atoms with Gasteiger partial charge in [0.25, 0.3) is 5.85 Å². The SMILES string of the molecule is CCc1ccc(-c2nc(N)c3ncn([C@]4(N=N[C@@]5(n6cnc7c(N)ncnc76)O[C@H](CO)[C@@H](O)[C@H]5O)O[C@H](COC(C)=O)[C@@H](OC(C)=O)[C@H]4OC(C)=O)c3n2)cc1. The van der Waals surface area contributed by atoms with E-state index in [4.69, 9.17) is 40.1 Å². The van der Waals surface area contributed by atoms with Crippen LogP contribution in [0.5, 0.6) is 0 Å². The second-order valence-electron chi connectivity index (χ2n) is 13.2. The van der Waals surface area contributed by atoms with Crippen molar-refractivity contribution in [3.63, 3.8) is 0 Å². The van der Waals surface area contributed by atoms with Gasteiger partial charge in [0, 0.05) is 26.3 Å². The van der Waals surface area contributed by atoms with E-state index in [0.717, 1.165) is 50.0 Å². The van der Waals surface area contributed by atoms with E-state index in [1.54, 1.807) is 12.1 Å². The summed E-state index contributed by atoms with van der Waals surface area (Å²) in [6.07, 6.45) is -5.77. The van der Waals surface area contributed by atoms with Gasteiger partial charge in [0.15, 0.2) is 41.0 Å². The van der Waals surface area contributed by atoms with Crippen molar-refractivity contribution in [2.75, 3.05) is 24.7 Å². The number of hydrogen-bond acceptors (Lipinski definition) is 21. The van der Waals surface area contributed by atoms with Crippen LogP contribution >= 0.6 is 0 Å². The number of carbonyl (C=O) groups excluding carboxylic acids is 3. The van der Waals surface area contributed by atoms with Crippen LogP contribution in [0.1, 0.15) is 33.3 Å². The Labute approximate surface area is 321 Å². The number of aromatic nitrogens is 8. The van der Waals surface area contributed by atoms with Gasteiger partial charge in [-0.3, -0.25) is 23.5 Å². The Morgan fingerprint density at radius 1 is 0.825 bits per heavy atom. The van der Waals surface area contributed by atoms with Gasteiger partial charge in [-0.25, -0.2) is 29.9 Å². The lowest BCUT2D eigenvalue weighted by Gasteiger charge is -2.33. The Balaban J connectivity index is 1.52. The Morgan fingerprint density at radius 3 is 2.07 bits per heavy atom. The van der Waals surface area contributed by atoms with Gasteiger partial charge >= 0.3 is 23.8 Å². The molecule has 2 fully saturated rings. The van der Waals surface area contributed by atoms with Crippen molar-refractivity contribution < 1.29 is 53.4 Å². The van der Waals surface area contributed by atoms with Crippen LogP contribution in [0.25, 0.3) is 33.7 Å². The topological polar surface area (TPSA) is 322 Å². The van der Waals surface area contributed by atoms with E-state index < -0.39 is 79.4 Å². The van der Waals surface area contributed by atoms with Crippen LogP contribution in [0, 0.1) is 0 Å². The smallest absolute Gasteiger partial charge is 0.306 e. The fraction of sp³-hybridized carbons (Fsp3) is 0.441. The van der Waals surface area contributed by atoms with E-state index in [0.29, 0.717) is 5.56 Å². The minimum Gasteiger partial charge on any atom is -0.463 e. The van der Waals surface area contributed by atoms with Gasteiger partial charge in [0.2, 0.25) is 6.10 Å². The summed E-state index contributed by atoms with van der Waals surface area (Å²) in [6.45, 7) is 3.97. The van der Waals surface area contributed by atoms with Gasteiger partial charge in [0.05, 0.1) is 6.61 Å². The minimum atomic E-state index is -2.53. The summed E-state index contributed by atoms with van der Waals surface area (Å²) in [5.74, 6) is -7.50. The Kier molecular flexibility index (Phi) is 10.3. The van der Waals surface area contributed by atoms with E-state index in [-0.39, 0.29) is 39.8 Å². The monoisotopic (exact) mass is 790 g/mol. The molecule has 8 atom stereocenters. The number of rotatable bonds is 11. The van der Waals surface area contributed by atoms with Crippen molar-refractivity contribution in [2.45, 2.75) is 82.4 Å². The molecule has 0 unspecified atom stereocenters. The normalized spacial score (nSPS) is 27.4.